The molecule has 0 radical (unpaired) electrons. The van der Waals surface area contributed by atoms with Crippen molar-refractivity contribution in [2.24, 2.45) is 0 Å². The number of hydrogen-bond acceptors (Lipinski definition) is 6. The van der Waals surface area contributed by atoms with Crippen LogP contribution in [0.25, 0.3) is 10.8 Å². The van der Waals surface area contributed by atoms with Gasteiger partial charge in [0.2, 0.25) is 0 Å². The molecule has 0 atom stereocenters. The quantitative estimate of drug-likeness (QED) is 0.321. The first-order valence-electron chi connectivity index (χ1n) is 11.6. The average molecular weight is 475 g/mol. The fourth-order valence-electron chi connectivity index (χ4n) is 4.31. The Morgan fingerprint density at radius 2 is 1.83 bits per heavy atom. The van der Waals surface area contributed by atoms with E-state index in [9.17, 15) is 9.90 Å². The number of hydrogen-bond donors (Lipinski definition) is 1. The van der Waals surface area contributed by atoms with Crippen LogP contribution >= 0.6 is 0 Å². The molecule has 0 aliphatic rings. The van der Waals surface area contributed by atoms with Crippen LogP contribution in [0.5, 0.6) is 11.5 Å². The van der Waals surface area contributed by atoms with Gasteiger partial charge < -0.3 is 19.0 Å². The minimum atomic E-state index is -0.867. The molecule has 0 aliphatic carbocycles. The van der Waals surface area contributed by atoms with Gasteiger partial charge in [-0.15, -0.1) is 0 Å². The van der Waals surface area contributed by atoms with Gasteiger partial charge in [0, 0.05) is 31.8 Å². The van der Waals surface area contributed by atoms with Crippen molar-refractivity contribution >= 4 is 16.7 Å². The number of methoxy groups -OCH3 is 1. The Hall–Kier alpha value is -3.84. The highest BCUT2D eigenvalue weighted by atomic mass is 16.5. The van der Waals surface area contributed by atoms with Crippen molar-refractivity contribution < 1.29 is 23.8 Å². The summed E-state index contributed by atoms with van der Waals surface area (Å²) in [5.74, 6) is 2.15. The normalized spacial score (nSPS) is 11.2. The van der Waals surface area contributed by atoms with Crippen LogP contribution in [0.4, 0.5) is 0 Å². The van der Waals surface area contributed by atoms with Gasteiger partial charge in [-0.3, -0.25) is 9.69 Å². The number of aromatic nitrogens is 1. The van der Waals surface area contributed by atoms with Gasteiger partial charge in [0.15, 0.2) is 5.89 Å². The number of carboxylic acids is 1. The van der Waals surface area contributed by atoms with Crippen molar-refractivity contribution in [3.63, 3.8) is 0 Å². The number of fused-ring (bicyclic) bond motifs is 1. The van der Waals surface area contributed by atoms with E-state index in [1.165, 1.54) is 0 Å². The second-order valence-corrected chi connectivity index (χ2v) is 8.49. The molecule has 3 aromatic carbocycles. The van der Waals surface area contributed by atoms with E-state index in [0.29, 0.717) is 32.0 Å². The molecule has 182 valence electrons. The third-order valence-electron chi connectivity index (χ3n) is 5.86. The Morgan fingerprint density at radius 1 is 1.03 bits per heavy atom. The van der Waals surface area contributed by atoms with Crippen LogP contribution in [0.3, 0.4) is 0 Å². The summed E-state index contributed by atoms with van der Waals surface area (Å²) in [6, 6.07) is 19.7. The highest BCUT2D eigenvalue weighted by Crippen LogP contribution is 2.29. The fourth-order valence-corrected chi connectivity index (χ4v) is 4.31. The van der Waals surface area contributed by atoms with Gasteiger partial charge in [-0.25, -0.2) is 4.98 Å². The lowest BCUT2D eigenvalue weighted by atomic mass is 10.0. The lowest BCUT2D eigenvalue weighted by molar-refractivity contribution is -0.138. The first kappa shape index (κ1) is 24.3. The molecule has 7 nitrogen and oxygen atoms in total. The summed E-state index contributed by atoms with van der Waals surface area (Å²) >= 11 is 0. The molecule has 1 aromatic heterocycles. The fraction of sp³-hybridized carbons (Fsp3) is 0.286. The maximum Gasteiger partial charge on any atom is 0.317 e. The van der Waals surface area contributed by atoms with Crippen molar-refractivity contribution in [3.8, 4) is 11.5 Å². The summed E-state index contributed by atoms with van der Waals surface area (Å²) in [6.45, 7) is 5.11. The van der Waals surface area contributed by atoms with E-state index < -0.39 is 5.97 Å². The SMILES string of the molecule is COc1ccc(CN(CC(=O)O)Cc2cccc(OCCc3nc(C)oc3C)c2)c2ccccc12. The van der Waals surface area contributed by atoms with Crippen molar-refractivity contribution in [1.29, 1.82) is 0 Å². The van der Waals surface area contributed by atoms with Crippen molar-refractivity contribution in [2.75, 3.05) is 20.3 Å². The Bertz CT molecular complexity index is 1310. The van der Waals surface area contributed by atoms with Crippen LogP contribution in [-0.4, -0.2) is 41.2 Å². The molecule has 0 saturated heterocycles. The van der Waals surface area contributed by atoms with Gasteiger partial charge in [-0.05, 0) is 41.6 Å². The highest BCUT2D eigenvalue weighted by Gasteiger charge is 2.15. The summed E-state index contributed by atoms with van der Waals surface area (Å²) in [7, 11) is 1.65. The summed E-state index contributed by atoms with van der Waals surface area (Å²) in [5.41, 5.74) is 2.93. The van der Waals surface area contributed by atoms with Gasteiger partial charge in [0.1, 0.15) is 17.3 Å². The molecule has 4 aromatic rings. The zero-order valence-electron chi connectivity index (χ0n) is 20.3. The highest BCUT2D eigenvalue weighted by molar-refractivity contribution is 5.91. The Kier molecular flexibility index (Phi) is 7.67. The first-order valence-corrected chi connectivity index (χ1v) is 11.6. The monoisotopic (exact) mass is 474 g/mol. The lowest BCUT2D eigenvalue weighted by Gasteiger charge is -2.22. The topological polar surface area (TPSA) is 85.0 Å². The largest absolute Gasteiger partial charge is 0.496 e. The van der Waals surface area contributed by atoms with Gasteiger partial charge in [0.25, 0.3) is 0 Å². The minimum Gasteiger partial charge on any atom is -0.496 e. The molecule has 0 unspecified atom stereocenters. The molecule has 0 saturated carbocycles. The van der Waals surface area contributed by atoms with Crippen LogP contribution in [0.15, 0.2) is 65.1 Å². The molecule has 0 amide bonds. The summed E-state index contributed by atoms with van der Waals surface area (Å²) < 4.78 is 16.9. The van der Waals surface area contributed by atoms with Crippen molar-refractivity contribution in [3.05, 3.63) is 89.1 Å². The summed E-state index contributed by atoms with van der Waals surface area (Å²) in [6.07, 6.45) is 0.656. The maximum absolute atomic E-state index is 11.6. The number of carbonyl (C=O) groups is 1. The summed E-state index contributed by atoms with van der Waals surface area (Å²) in [4.78, 5) is 17.9. The van der Waals surface area contributed by atoms with Gasteiger partial charge in [-0.2, -0.15) is 0 Å². The molecule has 1 N–H and O–H groups in total. The number of oxazole rings is 1. The average Bonchev–Trinajstić information content (AvgIpc) is 3.15. The molecular formula is C28H30N2O5. The number of nitrogens with zero attached hydrogens (tertiary/aromatic N) is 2. The molecule has 7 heteroatoms. The number of benzene rings is 3. The molecule has 35 heavy (non-hydrogen) atoms. The van der Waals surface area contributed by atoms with Gasteiger partial charge in [-0.1, -0.05) is 42.5 Å². The van der Waals surface area contributed by atoms with E-state index in [-0.39, 0.29) is 6.54 Å². The number of aliphatic carboxylic acids is 1. The van der Waals surface area contributed by atoms with Crippen LogP contribution in [0.2, 0.25) is 0 Å². The maximum atomic E-state index is 11.6. The molecule has 0 fully saturated rings. The molecule has 0 bridgehead atoms. The number of aryl methyl sites for hydroxylation is 2. The third-order valence-corrected chi connectivity index (χ3v) is 5.86. The standard InChI is InChI=1S/C28H30N2O5/c1-19-26(29-20(2)35-19)13-14-34-23-8-6-7-21(15-23)16-30(18-28(31)32)17-22-11-12-27(33-3)25-10-5-4-9-24(22)25/h4-12,15H,13-14,16-18H2,1-3H3,(H,31,32). The number of ether oxygens (including phenoxy) is 2. The number of rotatable bonds is 11. The smallest absolute Gasteiger partial charge is 0.317 e. The van der Waals surface area contributed by atoms with E-state index in [0.717, 1.165) is 44.9 Å². The van der Waals surface area contributed by atoms with E-state index in [1.54, 1.807) is 7.11 Å². The first-order chi connectivity index (χ1) is 16.9. The van der Waals surface area contributed by atoms with Crippen molar-refractivity contribution in [2.45, 2.75) is 33.4 Å². The Morgan fingerprint density at radius 3 is 2.54 bits per heavy atom. The molecular weight excluding hydrogens is 444 g/mol. The molecule has 0 spiro atoms. The van der Waals surface area contributed by atoms with Crippen LogP contribution in [0, 0.1) is 13.8 Å². The van der Waals surface area contributed by atoms with Gasteiger partial charge in [0.05, 0.1) is 26.0 Å². The number of carboxylic acid groups (broad SMARTS) is 1. The van der Waals surface area contributed by atoms with Crippen LogP contribution < -0.4 is 9.47 Å². The molecule has 4 rings (SSSR count). The third kappa shape index (κ3) is 6.19. The van der Waals surface area contributed by atoms with Crippen LogP contribution in [0.1, 0.15) is 28.5 Å². The molecule has 1 heterocycles. The van der Waals surface area contributed by atoms with Gasteiger partial charge >= 0.3 is 5.97 Å². The Labute approximate surface area is 204 Å². The van der Waals surface area contributed by atoms with E-state index in [1.807, 2.05) is 79.4 Å². The second-order valence-electron chi connectivity index (χ2n) is 8.49. The van der Waals surface area contributed by atoms with Crippen LogP contribution in [-0.2, 0) is 24.3 Å². The zero-order valence-corrected chi connectivity index (χ0v) is 20.3. The lowest BCUT2D eigenvalue weighted by Crippen LogP contribution is -2.29. The van der Waals surface area contributed by atoms with E-state index >= 15 is 0 Å². The second kappa shape index (κ2) is 11.1. The van der Waals surface area contributed by atoms with E-state index in [4.69, 9.17) is 13.9 Å². The predicted octanol–water partition coefficient (Wildman–Crippen LogP) is 5.16. The zero-order chi connectivity index (χ0) is 24.8. The Balaban J connectivity index is 1.47. The summed E-state index contributed by atoms with van der Waals surface area (Å²) in [5, 5.41) is 11.6. The predicted molar refractivity (Wildman–Crippen MR) is 134 cm³/mol. The molecule has 0 aliphatic heterocycles. The minimum absolute atomic E-state index is 0.0732. The van der Waals surface area contributed by atoms with E-state index in [2.05, 4.69) is 4.98 Å². The van der Waals surface area contributed by atoms with Crippen molar-refractivity contribution in [1.82, 2.24) is 9.88 Å².